The van der Waals surface area contributed by atoms with Gasteiger partial charge in [0.15, 0.2) is 0 Å². The third kappa shape index (κ3) is 2.88. The first-order valence-electron chi connectivity index (χ1n) is 6.65. The molecule has 0 unspecified atom stereocenters. The topological polar surface area (TPSA) is 58.7 Å². The summed E-state index contributed by atoms with van der Waals surface area (Å²) in [5.74, 6) is 0.801. The second-order valence-electron chi connectivity index (χ2n) is 4.69. The SMILES string of the molecule is CCOc1cc(N)cc(N(CCO)C2CCC2)c1. The number of benzene rings is 1. The minimum atomic E-state index is 0.162. The number of hydrogen-bond acceptors (Lipinski definition) is 4. The van der Waals surface area contributed by atoms with Crippen LogP contribution in [0.25, 0.3) is 0 Å². The van der Waals surface area contributed by atoms with E-state index in [1.807, 2.05) is 25.1 Å². The number of rotatable bonds is 6. The van der Waals surface area contributed by atoms with Gasteiger partial charge in [0.05, 0.1) is 13.2 Å². The lowest BCUT2D eigenvalue weighted by atomic mass is 9.91. The lowest BCUT2D eigenvalue weighted by molar-refractivity contribution is 0.283. The van der Waals surface area contributed by atoms with Crippen LogP contribution < -0.4 is 15.4 Å². The fraction of sp³-hybridized carbons (Fsp3) is 0.571. The maximum absolute atomic E-state index is 9.20. The maximum atomic E-state index is 9.20. The van der Waals surface area contributed by atoms with Gasteiger partial charge in [0.2, 0.25) is 0 Å². The molecule has 0 atom stereocenters. The molecule has 1 saturated carbocycles. The lowest BCUT2D eigenvalue weighted by Crippen LogP contribution is -2.42. The molecule has 3 N–H and O–H groups in total. The summed E-state index contributed by atoms with van der Waals surface area (Å²) in [6, 6.07) is 6.34. The van der Waals surface area contributed by atoms with Gasteiger partial charge in [-0.25, -0.2) is 0 Å². The van der Waals surface area contributed by atoms with Crippen LogP contribution in [0, 0.1) is 0 Å². The molecule has 1 fully saturated rings. The fourth-order valence-corrected chi connectivity index (χ4v) is 2.35. The molecule has 0 saturated heterocycles. The molecule has 0 spiro atoms. The predicted octanol–water partition coefficient (Wildman–Crippen LogP) is 2.02. The highest BCUT2D eigenvalue weighted by Gasteiger charge is 2.25. The van der Waals surface area contributed by atoms with Crippen molar-refractivity contribution in [2.24, 2.45) is 0 Å². The molecule has 100 valence electrons. The number of ether oxygens (including phenoxy) is 1. The van der Waals surface area contributed by atoms with E-state index in [-0.39, 0.29) is 6.61 Å². The number of aliphatic hydroxyl groups is 1. The standard InChI is InChI=1S/C14H22N2O2/c1-2-18-14-9-11(15)8-13(10-14)16(6-7-17)12-4-3-5-12/h8-10,12,17H,2-7,15H2,1H3. The second kappa shape index (κ2) is 5.96. The quantitative estimate of drug-likeness (QED) is 0.758. The molecule has 0 aromatic heterocycles. The molecule has 1 aliphatic carbocycles. The summed E-state index contributed by atoms with van der Waals surface area (Å²) in [5, 5.41) is 9.20. The van der Waals surface area contributed by atoms with Crippen molar-refractivity contribution in [1.29, 1.82) is 0 Å². The van der Waals surface area contributed by atoms with Gasteiger partial charge in [-0.3, -0.25) is 0 Å². The minimum Gasteiger partial charge on any atom is -0.494 e. The van der Waals surface area contributed by atoms with Crippen LogP contribution >= 0.6 is 0 Å². The van der Waals surface area contributed by atoms with Crippen LogP contribution in [0.3, 0.4) is 0 Å². The van der Waals surface area contributed by atoms with E-state index in [0.717, 1.165) is 11.4 Å². The van der Waals surface area contributed by atoms with Gasteiger partial charge in [0.1, 0.15) is 5.75 Å². The smallest absolute Gasteiger partial charge is 0.123 e. The van der Waals surface area contributed by atoms with E-state index in [2.05, 4.69) is 4.90 Å². The van der Waals surface area contributed by atoms with E-state index in [4.69, 9.17) is 10.5 Å². The Kier molecular flexibility index (Phi) is 4.31. The number of hydrogen-bond donors (Lipinski definition) is 2. The summed E-state index contributed by atoms with van der Waals surface area (Å²) in [4.78, 5) is 2.24. The van der Waals surface area contributed by atoms with Crippen molar-refractivity contribution in [3.05, 3.63) is 18.2 Å². The third-order valence-corrected chi connectivity index (χ3v) is 3.41. The summed E-state index contributed by atoms with van der Waals surface area (Å²) in [7, 11) is 0. The molecule has 18 heavy (non-hydrogen) atoms. The van der Waals surface area contributed by atoms with E-state index in [1.165, 1.54) is 19.3 Å². The summed E-state index contributed by atoms with van der Waals surface area (Å²) >= 11 is 0. The number of aliphatic hydroxyl groups excluding tert-OH is 1. The molecule has 0 amide bonds. The van der Waals surface area contributed by atoms with Gasteiger partial charge in [-0.15, -0.1) is 0 Å². The van der Waals surface area contributed by atoms with Gasteiger partial charge in [0, 0.05) is 36.1 Å². The van der Waals surface area contributed by atoms with Gasteiger partial charge in [-0.05, 0) is 32.3 Å². The number of nitrogens with two attached hydrogens (primary N) is 1. The Morgan fingerprint density at radius 2 is 2.17 bits per heavy atom. The Morgan fingerprint density at radius 3 is 2.72 bits per heavy atom. The lowest BCUT2D eigenvalue weighted by Gasteiger charge is -2.39. The van der Waals surface area contributed by atoms with E-state index in [9.17, 15) is 5.11 Å². The number of nitrogen functional groups attached to an aromatic ring is 1. The molecule has 0 bridgehead atoms. The molecule has 0 heterocycles. The first-order chi connectivity index (χ1) is 8.74. The first-order valence-corrected chi connectivity index (χ1v) is 6.65. The second-order valence-corrected chi connectivity index (χ2v) is 4.69. The Balaban J connectivity index is 2.22. The number of anilines is 2. The van der Waals surface area contributed by atoms with Gasteiger partial charge >= 0.3 is 0 Å². The van der Waals surface area contributed by atoms with Crippen molar-refractivity contribution in [3.8, 4) is 5.75 Å². The first kappa shape index (κ1) is 13.0. The zero-order chi connectivity index (χ0) is 13.0. The van der Waals surface area contributed by atoms with Crippen LogP contribution in [-0.2, 0) is 0 Å². The molecule has 4 heteroatoms. The molecule has 2 rings (SSSR count). The van der Waals surface area contributed by atoms with Gasteiger partial charge in [0.25, 0.3) is 0 Å². The molecular formula is C14H22N2O2. The molecule has 0 radical (unpaired) electrons. The molecule has 1 aromatic rings. The van der Waals surface area contributed by atoms with E-state index >= 15 is 0 Å². The zero-order valence-electron chi connectivity index (χ0n) is 10.9. The predicted molar refractivity (Wildman–Crippen MR) is 74.1 cm³/mol. The van der Waals surface area contributed by atoms with Crippen molar-refractivity contribution in [2.45, 2.75) is 32.2 Å². The maximum Gasteiger partial charge on any atom is 0.123 e. The average Bonchev–Trinajstić information content (AvgIpc) is 2.25. The van der Waals surface area contributed by atoms with Gasteiger partial charge < -0.3 is 20.5 Å². The summed E-state index contributed by atoms with van der Waals surface area (Å²) in [5.41, 5.74) is 7.67. The highest BCUT2D eigenvalue weighted by atomic mass is 16.5. The van der Waals surface area contributed by atoms with Gasteiger partial charge in [-0.2, -0.15) is 0 Å². The highest BCUT2D eigenvalue weighted by Crippen LogP contribution is 2.32. The van der Waals surface area contributed by atoms with Crippen LogP contribution in [0.2, 0.25) is 0 Å². The van der Waals surface area contributed by atoms with Crippen molar-refractivity contribution in [2.75, 3.05) is 30.4 Å². The molecule has 4 nitrogen and oxygen atoms in total. The molecule has 1 aromatic carbocycles. The Bertz CT molecular complexity index is 391. The van der Waals surface area contributed by atoms with Crippen molar-refractivity contribution >= 4 is 11.4 Å². The largest absolute Gasteiger partial charge is 0.494 e. The number of nitrogens with zero attached hydrogens (tertiary/aromatic N) is 1. The molecular weight excluding hydrogens is 228 g/mol. The van der Waals surface area contributed by atoms with Crippen LogP contribution in [0.15, 0.2) is 18.2 Å². The van der Waals surface area contributed by atoms with Crippen LogP contribution in [0.4, 0.5) is 11.4 Å². The van der Waals surface area contributed by atoms with E-state index in [1.54, 1.807) is 0 Å². The van der Waals surface area contributed by atoms with E-state index < -0.39 is 0 Å². The van der Waals surface area contributed by atoms with E-state index in [0.29, 0.717) is 24.9 Å². The summed E-state index contributed by atoms with van der Waals surface area (Å²) < 4.78 is 5.52. The molecule has 0 aliphatic heterocycles. The van der Waals surface area contributed by atoms with Crippen molar-refractivity contribution in [1.82, 2.24) is 0 Å². The zero-order valence-corrected chi connectivity index (χ0v) is 10.9. The summed E-state index contributed by atoms with van der Waals surface area (Å²) in [6.07, 6.45) is 3.66. The normalized spacial score (nSPS) is 15.2. The average molecular weight is 250 g/mol. The monoisotopic (exact) mass is 250 g/mol. The minimum absolute atomic E-state index is 0.162. The van der Waals surface area contributed by atoms with Gasteiger partial charge in [-0.1, -0.05) is 0 Å². The van der Waals surface area contributed by atoms with Crippen molar-refractivity contribution < 1.29 is 9.84 Å². The Labute approximate surface area is 108 Å². The fourth-order valence-electron chi connectivity index (χ4n) is 2.35. The van der Waals surface area contributed by atoms with Crippen molar-refractivity contribution in [3.63, 3.8) is 0 Å². The third-order valence-electron chi connectivity index (χ3n) is 3.41. The highest BCUT2D eigenvalue weighted by molar-refractivity contribution is 5.61. The van der Waals surface area contributed by atoms with Crippen LogP contribution in [0.5, 0.6) is 5.75 Å². The molecule has 1 aliphatic rings. The summed E-state index contributed by atoms with van der Waals surface area (Å²) in [6.45, 7) is 3.40. The Hall–Kier alpha value is -1.42. The van der Waals surface area contributed by atoms with Crippen LogP contribution in [-0.4, -0.2) is 30.9 Å². The van der Waals surface area contributed by atoms with Crippen LogP contribution in [0.1, 0.15) is 26.2 Å². The Morgan fingerprint density at radius 1 is 1.39 bits per heavy atom.